The van der Waals surface area contributed by atoms with Gasteiger partial charge in [0.1, 0.15) is 0 Å². The highest BCUT2D eigenvalue weighted by Crippen LogP contribution is 2.17. The average molecular weight is 364 g/mol. The third kappa shape index (κ3) is 6.03. The Morgan fingerprint density at radius 3 is 2.20 bits per heavy atom. The molecule has 1 aromatic rings. The number of hydrogen-bond donors (Lipinski definition) is 2. The van der Waals surface area contributed by atoms with Crippen molar-refractivity contribution in [2.24, 2.45) is 5.92 Å². The van der Waals surface area contributed by atoms with Crippen LogP contribution in [-0.2, 0) is 4.79 Å². The number of rotatable bonds is 7. The lowest BCUT2D eigenvalue weighted by Crippen LogP contribution is -2.34. The molecule has 0 saturated carbocycles. The minimum absolute atomic E-state index is 0. The normalized spacial score (nSPS) is 14.1. The van der Waals surface area contributed by atoms with E-state index in [9.17, 15) is 9.59 Å². The molecule has 1 saturated heterocycles. The molecule has 1 aliphatic rings. The summed E-state index contributed by atoms with van der Waals surface area (Å²) in [7, 11) is 0. The Morgan fingerprint density at radius 2 is 1.68 bits per heavy atom. The number of nitrogens with zero attached hydrogens (tertiary/aromatic N) is 1. The lowest BCUT2D eigenvalue weighted by Gasteiger charge is -2.22. The van der Waals surface area contributed by atoms with Crippen molar-refractivity contribution in [3.63, 3.8) is 0 Å². The Kier molecular flexibility index (Phi) is 8.95. The summed E-state index contributed by atoms with van der Waals surface area (Å²) in [5.74, 6) is 0.0322. The Morgan fingerprint density at radius 1 is 1.12 bits per heavy atom. The Bertz CT molecular complexity index is 585. The number of nitrogens with one attached hydrogen (secondary N) is 2. The van der Waals surface area contributed by atoms with Crippen molar-refractivity contribution in [1.29, 1.82) is 0 Å². The van der Waals surface area contributed by atoms with Crippen molar-refractivity contribution in [2.75, 3.05) is 31.5 Å². The molecule has 2 amide bonds. The van der Waals surface area contributed by atoms with Crippen LogP contribution in [0.4, 0.5) is 5.69 Å². The third-order valence-corrected chi connectivity index (χ3v) is 4.10. The molecule has 5 nitrogen and oxygen atoms in total. The maximum Gasteiger partial charge on any atom is 0.254 e. The van der Waals surface area contributed by atoms with Crippen molar-refractivity contribution in [2.45, 2.75) is 12.8 Å². The van der Waals surface area contributed by atoms with Crippen molar-refractivity contribution in [1.82, 2.24) is 10.2 Å². The van der Waals surface area contributed by atoms with E-state index in [0.717, 1.165) is 25.9 Å². The molecule has 0 aromatic heterocycles. The molecule has 25 heavy (non-hydrogen) atoms. The second kappa shape index (κ2) is 10.7. The van der Waals surface area contributed by atoms with Gasteiger partial charge in [-0.3, -0.25) is 9.59 Å². The van der Waals surface area contributed by atoms with Crippen LogP contribution in [0.1, 0.15) is 23.2 Å². The summed E-state index contributed by atoms with van der Waals surface area (Å²) in [4.78, 5) is 26.3. The van der Waals surface area contributed by atoms with Crippen LogP contribution in [0.5, 0.6) is 0 Å². The van der Waals surface area contributed by atoms with Gasteiger partial charge in [0, 0.05) is 30.3 Å². The SMILES string of the molecule is C=CCN(CC=C)C(=O)c1ccc(NC(=O)C2CCNCC2)cc1.Cl. The molecule has 0 radical (unpaired) electrons. The number of carbonyl (C=O) groups excluding carboxylic acids is 2. The van der Waals surface area contributed by atoms with Crippen LogP contribution in [0.2, 0.25) is 0 Å². The summed E-state index contributed by atoms with van der Waals surface area (Å²) in [6.45, 7) is 10.0. The van der Waals surface area contributed by atoms with Gasteiger partial charge < -0.3 is 15.5 Å². The molecule has 0 atom stereocenters. The molecule has 2 N–H and O–H groups in total. The van der Waals surface area contributed by atoms with Crippen molar-refractivity contribution < 1.29 is 9.59 Å². The fourth-order valence-corrected chi connectivity index (χ4v) is 2.76. The van der Waals surface area contributed by atoms with Gasteiger partial charge in [-0.25, -0.2) is 0 Å². The predicted octanol–water partition coefficient (Wildman–Crippen LogP) is 2.86. The standard InChI is InChI=1S/C19H25N3O2.ClH/c1-3-13-22(14-4-2)19(24)16-5-7-17(8-6-16)21-18(23)15-9-11-20-12-10-15;/h3-8,15,20H,1-2,9-14H2,(H,21,23);1H. The van der Waals surface area contributed by atoms with Gasteiger partial charge in [0.05, 0.1) is 0 Å². The first kappa shape index (κ1) is 20.9. The maximum atomic E-state index is 12.4. The largest absolute Gasteiger partial charge is 0.331 e. The fourth-order valence-electron chi connectivity index (χ4n) is 2.76. The van der Waals surface area contributed by atoms with Gasteiger partial charge in [0.25, 0.3) is 5.91 Å². The number of benzene rings is 1. The summed E-state index contributed by atoms with van der Waals surface area (Å²) >= 11 is 0. The van der Waals surface area contributed by atoms with E-state index in [2.05, 4.69) is 23.8 Å². The topological polar surface area (TPSA) is 61.4 Å². The van der Waals surface area contributed by atoms with Crippen molar-refractivity contribution >= 4 is 29.9 Å². The molecule has 1 aliphatic heterocycles. The van der Waals surface area contributed by atoms with Gasteiger partial charge in [-0.15, -0.1) is 25.6 Å². The Balaban J connectivity index is 0.00000312. The fraction of sp³-hybridized carbons (Fsp3) is 0.368. The zero-order chi connectivity index (χ0) is 17.4. The van der Waals surface area contributed by atoms with E-state index in [1.54, 1.807) is 41.3 Å². The van der Waals surface area contributed by atoms with Gasteiger partial charge in [-0.2, -0.15) is 0 Å². The number of carbonyl (C=O) groups is 2. The van der Waals surface area contributed by atoms with Gasteiger partial charge in [0.2, 0.25) is 5.91 Å². The van der Waals surface area contributed by atoms with Gasteiger partial charge in [-0.05, 0) is 50.2 Å². The molecule has 1 fully saturated rings. The summed E-state index contributed by atoms with van der Waals surface area (Å²) in [5, 5.41) is 6.18. The van der Waals surface area contributed by atoms with Crippen LogP contribution in [0.15, 0.2) is 49.6 Å². The molecular weight excluding hydrogens is 338 g/mol. The van der Waals surface area contributed by atoms with Crippen LogP contribution < -0.4 is 10.6 Å². The molecule has 2 rings (SSSR count). The molecule has 0 spiro atoms. The van der Waals surface area contributed by atoms with Gasteiger partial charge >= 0.3 is 0 Å². The first-order valence-electron chi connectivity index (χ1n) is 8.28. The monoisotopic (exact) mass is 363 g/mol. The highest BCUT2D eigenvalue weighted by Gasteiger charge is 2.21. The maximum absolute atomic E-state index is 12.4. The third-order valence-electron chi connectivity index (χ3n) is 4.10. The highest BCUT2D eigenvalue weighted by molar-refractivity contribution is 5.96. The van der Waals surface area contributed by atoms with Crippen LogP contribution in [0.3, 0.4) is 0 Å². The van der Waals surface area contributed by atoms with E-state index in [1.165, 1.54) is 0 Å². The molecular formula is C19H26ClN3O2. The highest BCUT2D eigenvalue weighted by atomic mass is 35.5. The predicted molar refractivity (Wildman–Crippen MR) is 104 cm³/mol. The zero-order valence-corrected chi connectivity index (χ0v) is 15.2. The zero-order valence-electron chi connectivity index (χ0n) is 14.4. The Labute approximate surface area is 155 Å². The minimum atomic E-state index is -0.0777. The van der Waals surface area contributed by atoms with Crippen molar-refractivity contribution in [3.05, 3.63) is 55.1 Å². The smallest absolute Gasteiger partial charge is 0.254 e. The van der Waals surface area contributed by atoms with E-state index in [-0.39, 0.29) is 30.1 Å². The van der Waals surface area contributed by atoms with Crippen LogP contribution >= 0.6 is 12.4 Å². The van der Waals surface area contributed by atoms with Gasteiger partial charge in [-0.1, -0.05) is 12.2 Å². The number of piperidine rings is 1. The molecule has 1 heterocycles. The quantitative estimate of drug-likeness (QED) is 0.732. The first-order chi connectivity index (χ1) is 11.7. The van der Waals surface area contributed by atoms with E-state index < -0.39 is 0 Å². The summed E-state index contributed by atoms with van der Waals surface area (Å²) in [6.07, 6.45) is 5.10. The number of amides is 2. The van der Waals surface area contributed by atoms with E-state index in [0.29, 0.717) is 24.3 Å². The number of hydrogen-bond acceptors (Lipinski definition) is 3. The van der Waals surface area contributed by atoms with E-state index in [4.69, 9.17) is 0 Å². The number of halogens is 1. The Hall–Kier alpha value is -2.11. The van der Waals surface area contributed by atoms with Crippen LogP contribution in [0, 0.1) is 5.92 Å². The average Bonchev–Trinajstić information content (AvgIpc) is 2.62. The van der Waals surface area contributed by atoms with Crippen molar-refractivity contribution in [3.8, 4) is 0 Å². The summed E-state index contributed by atoms with van der Waals surface area (Å²) < 4.78 is 0. The molecule has 1 aromatic carbocycles. The lowest BCUT2D eigenvalue weighted by atomic mass is 9.97. The van der Waals surface area contributed by atoms with Crippen LogP contribution in [-0.4, -0.2) is 42.9 Å². The minimum Gasteiger partial charge on any atom is -0.331 e. The second-order valence-corrected chi connectivity index (χ2v) is 5.88. The lowest BCUT2D eigenvalue weighted by molar-refractivity contribution is -0.120. The molecule has 6 heteroatoms. The van der Waals surface area contributed by atoms with E-state index >= 15 is 0 Å². The molecule has 0 aliphatic carbocycles. The van der Waals surface area contributed by atoms with E-state index in [1.807, 2.05) is 0 Å². The molecule has 136 valence electrons. The first-order valence-corrected chi connectivity index (χ1v) is 8.28. The summed E-state index contributed by atoms with van der Waals surface area (Å²) in [6, 6.07) is 7.01. The molecule has 0 unspecified atom stereocenters. The summed E-state index contributed by atoms with van der Waals surface area (Å²) in [5.41, 5.74) is 1.30. The van der Waals surface area contributed by atoms with Gasteiger partial charge in [0.15, 0.2) is 0 Å². The van der Waals surface area contributed by atoms with Crippen LogP contribution in [0.25, 0.3) is 0 Å². The number of anilines is 1. The second-order valence-electron chi connectivity index (χ2n) is 5.88. The molecule has 0 bridgehead atoms.